The molecule has 1 rings (SSSR count). The highest BCUT2D eigenvalue weighted by Crippen LogP contribution is 2.20. The molecular weight excluding hydrogens is 214 g/mol. The molecule has 0 aliphatic carbocycles. The van der Waals surface area contributed by atoms with E-state index in [2.05, 4.69) is 5.32 Å². The molecule has 0 spiro atoms. The van der Waals surface area contributed by atoms with E-state index in [9.17, 15) is 9.90 Å². The van der Waals surface area contributed by atoms with Gasteiger partial charge in [-0.15, -0.1) is 0 Å². The number of carbonyl (C=O) groups excluding carboxylic acids is 1. The number of rotatable bonds is 6. The van der Waals surface area contributed by atoms with Gasteiger partial charge in [0.2, 0.25) is 0 Å². The van der Waals surface area contributed by atoms with Crippen LogP contribution in [0.15, 0.2) is 30.3 Å². The molecule has 1 unspecified atom stereocenters. The van der Waals surface area contributed by atoms with Gasteiger partial charge in [0.1, 0.15) is 5.60 Å². The van der Waals surface area contributed by atoms with Gasteiger partial charge in [-0.25, -0.2) is 0 Å². The summed E-state index contributed by atoms with van der Waals surface area (Å²) in [6, 6.07) is 9.62. The van der Waals surface area contributed by atoms with Crippen molar-refractivity contribution in [2.24, 2.45) is 0 Å². The lowest BCUT2D eigenvalue weighted by molar-refractivity contribution is -0.140. The van der Waals surface area contributed by atoms with E-state index < -0.39 is 5.60 Å². The summed E-state index contributed by atoms with van der Waals surface area (Å²) in [4.78, 5) is 11.8. The molecule has 1 atom stereocenters. The fraction of sp³-hybridized carbons (Fsp3) is 0.500. The zero-order valence-electron chi connectivity index (χ0n) is 10.6. The van der Waals surface area contributed by atoms with Crippen molar-refractivity contribution in [2.45, 2.75) is 38.2 Å². The number of nitrogens with one attached hydrogen (secondary N) is 1. The predicted molar refractivity (Wildman–Crippen MR) is 68.7 cm³/mol. The molecule has 3 nitrogen and oxygen atoms in total. The van der Waals surface area contributed by atoms with E-state index in [0.717, 1.165) is 18.4 Å². The first-order valence-corrected chi connectivity index (χ1v) is 6.11. The first-order chi connectivity index (χ1) is 8.12. The zero-order chi connectivity index (χ0) is 12.7. The second-order valence-electron chi connectivity index (χ2n) is 4.38. The number of hydrogen-bond acceptors (Lipinski definition) is 2. The molecule has 0 heterocycles. The summed E-state index contributed by atoms with van der Waals surface area (Å²) in [5.41, 5.74) is -0.304. The highest BCUT2D eigenvalue weighted by atomic mass is 16.3. The van der Waals surface area contributed by atoms with Gasteiger partial charge < -0.3 is 10.4 Å². The fourth-order valence-electron chi connectivity index (χ4n) is 1.92. The van der Waals surface area contributed by atoms with Gasteiger partial charge in [-0.05, 0) is 12.0 Å². The number of carbonyl (C=O) groups is 1. The molecule has 17 heavy (non-hydrogen) atoms. The van der Waals surface area contributed by atoms with Crippen molar-refractivity contribution in [3.05, 3.63) is 35.9 Å². The summed E-state index contributed by atoms with van der Waals surface area (Å²) in [5.74, 6) is -0.296. The van der Waals surface area contributed by atoms with Gasteiger partial charge in [-0.1, -0.05) is 50.1 Å². The van der Waals surface area contributed by atoms with Crippen LogP contribution in [0.3, 0.4) is 0 Å². The Morgan fingerprint density at radius 2 is 2.00 bits per heavy atom. The molecule has 0 radical (unpaired) electrons. The number of likely N-dealkylation sites (N-methyl/N-ethyl adjacent to an activating group) is 1. The highest BCUT2D eigenvalue weighted by molar-refractivity contribution is 5.84. The monoisotopic (exact) mass is 235 g/mol. The number of benzene rings is 1. The summed E-state index contributed by atoms with van der Waals surface area (Å²) < 4.78 is 0. The van der Waals surface area contributed by atoms with Gasteiger partial charge in [-0.2, -0.15) is 0 Å². The number of aliphatic hydroxyl groups is 1. The molecule has 94 valence electrons. The minimum Gasteiger partial charge on any atom is -0.380 e. The Kier molecular flexibility index (Phi) is 5.16. The fourth-order valence-corrected chi connectivity index (χ4v) is 1.92. The number of hydrogen-bond donors (Lipinski definition) is 2. The summed E-state index contributed by atoms with van der Waals surface area (Å²) in [5, 5.41) is 13.0. The molecular formula is C14H21NO2. The van der Waals surface area contributed by atoms with Crippen LogP contribution in [0.1, 0.15) is 31.7 Å². The molecule has 0 aliphatic rings. The van der Waals surface area contributed by atoms with E-state index in [-0.39, 0.29) is 5.91 Å². The van der Waals surface area contributed by atoms with Gasteiger partial charge in [0.25, 0.3) is 5.91 Å². The lowest BCUT2D eigenvalue weighted by Crippen LogP contribution is -2.47. The van der Waals surface area contributed by atoms with E-state index in [0.29, 0.717) is 12.8 Å². The Hall–Kier alpha value is -1.35. The molecule has 3 heteroatoms. The van der Waals surface area contributed by atoms with Crippen LogP contribution in [0.25, 0.3) is 0 Å². The molecule has 0 fully saturated rings. The van der Waals surface area contributed by atoms with Crippen LogP contribution in [-0.2, 0) is 11.2 Å². The third-order valence-electron chi connectivity index (χ3n) is 2.93. The van der Waals surface area contributed by atoms with Gasteiger partial charge >= 0.3 is 0 Å². The third-order valence-corrected chi connectivity index (χ3v) is 2.93. The van der Waals surface area contributed by atoms with Gasteiger partial charge in [0.15, 0.2) is 0 Å². The second kappa shape index (κ2) is 6.40. The minimum absolute atomic E-state index is 0.296. The Bertz CT molecular complexity index is 350. The molecule has 0 aliphatic heterocycles. The predicted octanol–water partition coefficient (Wildman–Crippen LogP) is 1.90. The number of unbranched alkanes of at least 4 members (excludes halogenated alkanes) is 1. The molecule has 1 aromatic carbocycles. The number of amides is 1. The standard InChI is InChI=1S/C14H21NO2/c1-3-4-10-14(17,13(16)15-2)11-12-8-6-5-7-9-12/h5-9,17H,3-4,10-11H2,1-2H3,(H,15,16). The third kappa shape index (κ3) is 3.86. The van der Waals surface area contributed by atoms with Crippen molar-refractivity contribution in [3.63, 3.8) is 0 Å². The Labute approximate surface area is 103 Å². The molecule has 0 bridgehead atoms. The maximum atomic E-state index is 11.8. The van der Waals surface area contributed by atoms with Crippen molar-refractivity contribution < 1.29 is 9.90 Å². The molecule has 0 aromatic heterocycles. The Morgan fingerprint density at radius 3 is 2.53 bits per heavy atom. The van der Waals surface area contributed by atoms with Crippen molar-refractivity contribution in [2.75, 3.05) is 7.05 Å². The SMILES string of the molecule is CCCCC(O)(Cc1ccccc1)C(=O)NC. The highest BCUT2D eigenvalue weighted by Gasteiger charge is 2.34. The largest absolute Gasteiger partial charge is 0.380 e. The summed E-state index contributed by atoms with van der Waals surface area (Å²) >= 11 is 0. The lowest BCUT2D eigenvalue weighted by atomic mass is 9.88. The van der Waals surface area contributed by atoms with Crippen LogP contribution in [0.4, 0.5) is 0 Å². The van der Waals surface area contributed by atoms with Crippen LogP contribution in [0.2, 0.25) is 0 Å². The van der Waals surface area contributed by atoms with E-state index in [1.807, 2.05) is 37.3 Å². The average Bonchev–Trinajstić information content (AvgIpc) is 2.36. The van der Waals surface area contributed by atoms with Crippen LogP contribution in [-0.4, -0.2) is 23.7 Å². The van der Waals surface area contributed by atoms with Crippen molar-refractivity contribution in [3.8, 4) is 0 Å². The average molecular weight is 235 g/mol. The van der Waals surface area contributed by atoms with E-state index in [1.54, 1.807) is 7.05 Å². The normalized spacial score (nSPS) is 14.1. The van der Waals surface area contributed by atoms with Crippen molar-refractivity contribution in [1.29, 1.82) is 0 Å². The Balaban J connectivity index is 2.80. The van der Waals surface area contributed by atoms with Gasteiger partial charge in [0.05, 0.1) is 0 Å². The maximum absolute atomic E-state index is 11.8. The van der Waals surface area contributed by atoms with E-state index >= 15 is 0 Å². The van der Waals surface area contributed by atoms with E-state index in [4.69, 9.17) is 0 Å². The Morgan fingerprint density at radius 1 is 1.35 bits per heavy atom. The minimum atomic E-state index is -1.29. The van der Waals surface area contributed by atoms with Crippen LogP contribution < -0.4 is 5.32 Å². The summed E-state index contributed by atoms with van der Waals surface area (Å²) in [6.45, 7) is 2.05. The van der Waals surface area contributed by atoms with Crippen molar-refractivity contribution >= 4 is 5.91 Å². The van der Waals surface area contributed by atoms with Crippen molar-refractivity contribution in [1.82, 2.24) is 5.32 Å². The van der Waals surface area contributed by atoms with Crippen LogP contribution in [0.5, 0.6) is 0 Å². The maximum Gasteiger partial charge on any atom is 0.252 e. The zero-order valence-corrected chi connectivity index (χ0v) is 10.6. The molecule has 0 saturated heterocycles. The molecule has 2 N–H and O–H groups in total. The van der Waals surface area contributed by atoms with Crippen LogP contribution in [0, 0.1) is 0 Å². The summed E-state index contributed by atoms with van der Waals surface area (Å²) in [7, 11) is 1.56. The molecule has 1 amide bonds. The van der Waals surface area contributed by atoms with Gasteiger partial charge in [0, 0.05) is 13.5 Å². The smallest absolute Gasteiger partial charge is 0.252 e. The quantitative estimate of drug-likeness (QED) is 0.791. The first kappa shape index (κ1) is 13.7. The van der Waals surface area contributed by atoms with E-state index in [1.165, 1.54) is 0 Å². The second-order valence-corrected chi connectivity index (χ2v) is 4.38. The van der Waals surface area contributed by atoms with Crippen LogP contribution >= 0.6 is 0 Å². The lowest BCUT2D eigenvalue weighted by Gasteiger charge is -2.26. The summed E-state index contributed by atoms with van der Waals surface area (Å²) in [6.07, 6.45) is 2.68. The molecule has 0 saturated carbocycles. The first-order valence-electron chi connectivity index (χ1n) is 6.11. The molecule has 1 aromatic rings. The topological polar surface area (TPSA) is 49.3 Å². The van der Waals surface area contributed by atoms with Gasteiger partial charge in [-0.3, -0.25) is 4.79 Å².